The van der Waals surface area contributed by atoms with Crippen LogP contribution < -0.4 is 22.3 Å². The van der Waals surface area contributed by atoms with Crippen LogP contribution in [-0.2, 0) is 7.05 Å². The Bertz CT molecular complexity index is 851. The number of para-hydroxylation sites is 1. The summed E-state index contributed by atoms with van der Waals surface area (Å²) < 4.78 is 15.5. The highest BCUT2D eigenvalue weighted by molar-refractivity contribution is 7.99. The summed E-state index contributed by atoms with van der Waals surface area (Å²) >= 11 is 1.60. The molecule has 0 fully saturated rings. The number of aryl methyl sites for hydroxylation is 1. The fourth-order valence-corrected chi connectivity index (χ4v) is 3.69. The smallest absolute Gasteiger partial charge is 0.214 e. The maximum Gasteiger partial charge on any atom is 0.214 e. The largest absolute Gasteiger partial charge is 1.00 e. The molecule has 2 heterocycles. The first kappa shape index (κ1) is 14.2. The lowest BCUT2D eigenvalue weighted by Gasteiger charge is -2.20. The predicted molar refractivity (Wildman–Crippen MR) is 78.9 cm³/mol. The van der Waals surface area contributed by atoms with E-state index in [2.05, 4.69) is 28.2 Å². The third-order valence-electron chi connectivity index (χ3n) is 3.53. The molecule has 0 bridgehead atoms. The lowest BCUT2D eigenvalue weighted by atomic mass is 10.1. The molecule has 0 saturated carbocycles. The molecule has 0 spiro atoms. The average Bonchev–Trinajstić information content (AvgIpc) is 2.46. The average molecular weight is 319 g/mol. The van der Waals surface area contributed by atoms with E-state index >= 15 is 0 Å². The van der Waals surface area contributed by atoms with Crippen molar-refractivity contribution in [2.75, 3.05) is 5.32 Å². The Hall–Kier alpha value is -1.78. The third-order valence-corrected chi connectivity index (χ3v) is 4.62. The van der Waals surface area contributed by atoms with Crippen molar-refractivity contribution in [2.24, 2.45) is 7.05 Å². The molecule has 1 N–H and O–H groups in total. The van der Waals surface area contributed by atoms with Crippen LogP contribution in [0, 0.1) is 5.82 Å². The number of hydrogen-bond acceptors (Lipinski definition) is 2. The van der Waals surface area contributed by atoms with Gasteiger partial charge in [-0.15, -0.1) is 0 Å². The molecule has 1 aromatic heterocycles. The lowest BCUT2D eigenvalue weighted by Crippen LogP contribution is -3.00. The van der Waals surface area contributed by atoms with Gasteiger partial charge in [0, 0.05) is 11.0 Å². The molecule has 1 aliphatic rings. The molecule has 0 radical (unpaired) electrons. The molecule has 2 aromatic carbocycles. The second-order valence-corrected chi connectivity index (χ2v) is 5.95. The van der Waals surface area contributed by atoms with Gasteiger partial charge in [-0.2, -0.15) is 4.57 Å². The van der Waals surface area contributed by atoms with Gasteiger partial charge in [-0.25, -0.2) is 4.39 Å². The highest BCUT2D eigenvalue weighted by atomic mass is 35.5. The summed E-state index contributed by atoms with van der Waals surface area (Å²) in [6, 6.07) is 13.1. The molecule has 0 atom stereocenters. The van der Waals surface area contributed by atoms with E-state index in [9.17, 15) is 4.39 Å². The van der Waals surface area contributed by atoms with Gasteiger partial charge in [-0.3, -0.25) is 0 Å². The highest BCUT2D eigenvalue weighted by Gasteiger charge is 2.22. The van der Waals surface area contributed by atoms with Crippen LogP contribution in [0.3, 0.4) is 0 Å². The molecule has 0 aliphatic carbocycles. The van der Waals surface area contributed by atoms with Crippen LogP contribution in [-0.4, -0.2) is 0 Å². The van der Waals surface area contributed by atoms with E-state index in [1.165, 1.54) is 17.0 Å². The van der Waals surface area contributed by atoms with Crippen molar-refractivity contribution >= 4 is 34.0 Å². The fourth-order valence-electron chi connectivity index (χ4n) is 2.58. The minimum atomic E-state index is -0.202. The van der Waals surface area contributed by atoms with Crippen molar-refractivity contribution in [2.45, 2.75) is 9.79 Å². The first-order valence-corrected chi connectivity index (χ1v) is 7.20. The van der Waals surface area contributed by atoms with E-state index in [1.807, 2.05) is 19.2 Å². The fraction of sp³-hybridized carbons (Fsp3) is 0.0625. The van der Waals surface area contributed by atoms with Crippen LogP contribution in [0.5, 0.6) is 0 Å². The molecule has 4 rings (SSSR count). The summed E-state index contributed by atoms with van der Waals surface area (Å²) in [7, 11) is 2.03. The topological polar surface area (TPSA) is 15.9 Å². The number of pyridine rings is 1. The summed E-state index contributed by atoms with van der Waals surface area (Å²) in [6.45, 7) is 0. The van der Waals surface area contributed by atoms with Crippen LogP contribution >= 0.6 is 11.8 Å². The summed E-state index contributed by atoms with van der Waals surface area (Å²) in [5.74, 6) is -0.202. The predicted octanol–water partition coefficient (Wildman–Crippen LogP) is 1.02. The van der Waals surface area contributed by atoms with Crippen molar-refractivity contribution in [3.63, 3.8) is 0 Å². The molecule has 106 valence electrons. The molecule has 21 heavy (non-hydrogen) atoms. The molecule has 2 nitrogen and oxygen atoms in total. The molecule has 0 unspecified atom stereocenters. The second-order valence-electron chi connectivity index (χ2n) is 4.86. The van der Waals surface area contributed by atoms with Gasteiger partial charge in [-0.05, 0) is 24.3 Å². The number of rotatable bonds is 0. The first-order chi connectivity index (χ1) is 9.72. The van der Waals surface area contributed by atoms with E-state index in [0.717, 1.165) is 21.2 Å². The lowest BCUT2D eigenvalue weighted by molar-refractivity contribution is -0.646. The molecule has 0 amide bonds. The van der Waals surface area contributed by atoms with Crippen LogP contribution in [0.15, 0.2) is 58.5 Å². The standard InChI is InChI=1S/C16H11FN2S.ClH/c1-19-9-15-16(11-4-2-3-5-13(11)19)18-12-7-6-10(17)8-14(12)20-15;/h2-9H,1H3;1H. The Morgan fingerprint density at radius 1 is 1.10 bits per heavy atom. The first-order valence-electron chi connectivity index (χ1n) is 6.38. The van der Waals surface area contributed by atoms with Crippen molar-refractivity contribution in [1.29, 1.82) is 0 Å². The van der Waals surface area contributed by atoms with Crippen LogP contribution in [0.25, 0.3) is 10.9 Å². The number of anilines is 2. The van der Waals surface area contributed by atoms with E-state index in [-0.39, 0.29) is 18.2 Å². The van der Waals surface area contributed by atoms with E-state index in [4.69, 9.17) is 0 Å². The van der Waals surface area contributed by atoms with Crippen molar-refractivity contribution in [3.05, 3.63) is 54.5 Å². The summed E-state index contributed by atoms with van der Waals surface area (Å²) in [5, 5.41) is 4.61. The quantitative estimate of drug-likeness (QED) is 0.487. The summed E-state index contributed by atoms with van der Waals surface area (Å²) in [4.78, 5) is 2.04. The monoisotopic (exact) mass is 318 g/mol. The zero-order valence-corrected chi connectivity index (χ0v) is 12.8. The number of hydrogen-bond donors (Lipinski definition) is 1. The van der Waals surface area contributed by atoms with Gasteiger partial charge in [-0.1, -0.05) is 23.9 Å². The zero-order valence-electron chi connectivity index (χ0n) is 11.2. The van der Waals surface area contributed by atoms with Gasteiger partial charge in [0.25, 0.3) is 0 Å². The van der Waals surface area contributed by atoms with Gasteiger partial charge in [0.1, 0.15) is 17.8 Å². The maximum atomic E-state index is 13.4. The SMILES string of the molecule is C[n+]1cc2c(c3ccccc31)Nc1ccc(F)cc1S2.[Cl-]. The Kier molecular flexibility index (Phi) is 3.51. The third kappa shape index (κ3) is 2.24. The Labute approximate surface area is 132 Å². The van der Waals surface area contributed by atoms with Gasteiger partial charge in [0.15, 0.2) is 6.20 Å². The Morgan fingerprint density at radius 3 is 2.76 bits per heavy atom. The number of fused-ring (bicyclic) bond motifs is 4. The zero-order chi connectivity index (χ0) is 13.7. The molecule has 0 saturated heterocycles. The summed E-state index contributed by atoms with van der Waals surface area (Å²) in [6.07, 6.45) is 2.09. The van der Waals surface area contributed by atoms with E-state index in [1.54, 1.807) is 23.9 Å². The number of nitrogens with zero attached hydrogens (tertiary/aromatic N) is 1. The van der Waals surface area contributed by atoms with Crippen LogP contribution in [0.2, 0.25) is 0 Å². The van der Waals surface area contributed by atoms with Crippen molar-refractivity contribution in [1.82, 2.24) is 0 Å². The number of benzene rings is 2. The molecule has 5 heteroatoms. The summed E-state index contributed by atoms with van der Waals surface area (Å²) in [5.41, 5.74) is 3.23. The van der Waals surface area contributed by atoms with Crippen LogP contribution in [0.4, 0.5) is 15.8 Å². The second kappa shape index (κ2) is 5.20. The van der Waals surface area contributed by atoms with Gasteiger partial charge in [0.2, 0.25) is 5.52 Å². The minimum absolute atomic E-state index is 0. The van der Waals surface area contributed by atoms with Gasteiger partial charge >= 0.3 is 0 Å². The molecule has 3 aromatic rings. The number of halogens is 2. The van der Waals surface area contributed by atoms with Crippen LogP contribution in [0.1, 0.15) is 0 Å². The molecular weight excluding hydrogens is 307 g/mol. The van der Waals surface area contributed by atoms with E-state index in [0.29, 0.717) is 0 Å². The Balaban J connectivity index is 0.00000132. The van der Waals surface area contributed by atoms with Gasteiger partial charge < -0.3 is 17.7 Å². The van der Waals surface area contributed by atoms with Gasteiger partial charge in [0.05, 0.1) is 16.8 Å². The molecule has 1 aliphatic heterocycles. The number of nitrogens with one attached hydrogen (secondary N) is 1. The van der Waals surface area contributed by atoms with Crippen molar-refractivity contribution < 1.29 is 21.4 Å². The van der Waals surface area contributed by atoms with Crippen molar-refractivity contribution in [3.8, 4) is 0 Å². The van der Waals surface area contributed by atoms with E-state index < -0.39 is 0 Å². The Morgan fingerprint density at radius 2 is 1.90 bits per heavy atom. The normalized spacial score (nSPS) is 12.1. The maximum absolute atomic E-state index is 13.4. The molecular formula is C16H12ClFN2S. The number of aromatic nitrogens is 1. The minimum Gasteiger partial charge on any atom is -1.00 e. The highest BCUT2D eigenvalue weighted by Crippen LogP contribution is 2.45.